The maximum atomic E-state index is 12.5. The van der Waals surface area contributed by atoms with Crippen LogP contribution >= 0.6 is 11.6 Å². The Balaban J connectivity index is 2.18. The molecule has 0 bridgehead atoms. The van der Waals surface area contributed by atoms with Gasteiger partial charge in [0.15, 0.2) is 0 Å². The number of amides is 1. The van der Waals surface area contributed by atoms with E-state index in [1.807, 2.05) is 20.8 Å². The minimum absolute atomic E-state index is 0.0288. The summed E-state index contributed by atoms with van der Waals surface area (Å²) in [6.07, 6.45) is 0. The van der Waals surface area contributed by atoms with Crippen molar-refractivity contribution in [3.05, 3.63) is 64.7 Å². The van der Waals surface area contributed by atoms with Crippen LogP contribution in [-0.4, -0.2) is 19.9 Å². The van der Waals surface area contributed by atoms with E-state index in [9.17, 15) is 13.2 Å². The summed E-state index contributed by atoms with van der Waals surface area (Å²) in [6, 6.07) is 12.9. The molecule has 2 aromatic rings. The molecule has 0 radical (unpaired) electrons. The fraction of sp³-hybridized carbons (Fsp3) is 0.278. The Hall–Kier alpha value is -1.89. The first-order valence-corrected chi connectivity index (χ1v) is 9.60. The van der Waals surface area contributed by atoms with E-state index in [1.165, 1.54) is 12.1 Å². The van der Waals surface area contributed by atoms with E-state index in [-0.39, 0.29) is 22.9 Å². The summed E-state index contributed by atoms with van der Waals surface area (Å²) < 4.78 is 27.5. The van der Waals surface area contributed by atoms with Crippen LogP contribution in [0.2, 0.25) is 5.02 Å². The number of sulfonamides is 1. The van der Waals surface area contributed by atoms with Crippen molar-refractivity contribution in [2.75, 3.05) is 0 Å². The van der Waals surface area contributed by atoms with Crippen molar-refractivity contribution >= 4 is 27.5 Å². The third-order valence-corrected chi connectivity index (χ3v) is 5.07. The van der Waals surface area contributed by atoms with Gasteiger partial charge in [-0.25, -0.2) is 13.1 Å². The van der Waals surface area contributed by atoms with Crippen LogP contribution in [0.15, 0.2) is 53.4 Å². The van der Waals surface area contributed by atoms with Gasteiger partial charge in [0, 0.05) is 22.7 Å². The topological polar surface area (TPSA) is 75.3 Å². The molecule has 2 rings (SSSR count). The Labute approximate surface area is 153 Å². The monoisotopic (exact) mass is 380 g/mol. The zero-order chi connectivity index (χ0) is 18.7. The molecule has 0 aliphatic heterocycles. The summed E-state index contributed by atoms with van der Waals surface area (Å²) in [5.74, 6) is -0.323. The van der Waals surface area contributed by atoms with Crippen LogP contribution in [0.3, 0.4) is 0 Å². The second-order valence-corrected chi connectivity index (χ2v) is 8.82. The molecule has 7 heteroatoms. The number of carbonyl (C=O) groups excluding carboxylic acids is 1. The second kappa shape index (κ2) is 7.56. The Morgan fingerprint density at radius 3 is 2.40 bits per heavy atom. The first-order valence-electron chi connectivity index (χ1n) is 7.74. The smallest absolute Gasteiger partial charge is 0.251 e. The molecule has 25 heavy (non-hydrogen) atoms. The Morgan fingerprint density at radius 2 is 1.76 bits per heavy atom. The van der Waals surface area contributed by atoms with Gasteiger partial charge >= 0.3 is 0 Å². The standard InChI is InChI=1S/C18H21ClN2O3S/c1-18(2,3)21-17(22)13-8-6-9-15(11-13)25(23,24)20-12-14-7-4-5-10-16(14)19/h4-11,20H,12H2,1-3H3,(H,21,22). The molecule has 0 aliphatic rings. The lowest BCUT2D eigenvalue weighted by Crippen LogP contribution is -2.40. The lowest BCUT2D eigenvalue weighted by molar-refractivity contribution is 0.0919. The van der Waals surface area contributed by atoms with Gasteiger partial charge in [-0.1, -0.05) is 35.9 Å². The zero-order valence-electron chi connectivity index (χ0n) is 14.3. The number of rotatable bonds is 5. The molecule has 134 valence electrons. The molecular weight excluding hydrogens is 360 g/mol. The summed E-state index contributed by atoms with van der Waals surface area (Å²) in [6.45, 7) is 5.64. The van der Waals surface area contributed by atoms with E-state index in [4.69, 9.17) is 11.6 Å². The van der Waals surface area contributed by atoms with Crippen LogP contribution in [0.1, 0.15) is 36.7 Å². The fourth-order valence-electron chi connectivity index (χ4n) is 2.12. The third kappa shape index (κ3) is 5.56. The molecule has 0 saturated carbocycles. The highest BCUT2D eigenvalue weighted by Gasteiger charge is 2.19. The average molecular weight is 381 g/mol. The lowest BCUT2D eigenvalue weighted by atomic mass is 10.1. The molecule has 0 aliphatic carbocycles. The molecule has 0 saturated heterocycles. The lowest BCUT2D eigenvalue weighted by Gasteiger charge is -2.20. The summed E-state index contributed by atoms with van der Waals surface area (Å²) in [7, 11) is -3.76. The van der Waals surface area contributed by atoms with Crippen LogP contribution in [0.5, 0.6) is 0 Å². The van der Waals surface area contributed by atoms with E-state index in [2.05, 4.69) is 10.0 Å². The van der Waals surface area contributed by atoms with E-state index < -0.39 is 15.6 Å². The molecule has 0 fully saturated rings. The average Bonchev–Trinajstić information content (AvgIpc) is 2.53. The van der Waals surface area contributed by atoms with Crippen LogP contribution in [0.25, 0.3) is 0 Å². The molecule has 0 spiro atoms. The Bertz CT molecular complexity index is 874. The molecule has 0 atom stereocenters. The molecule has 0 aromatic heterocycles. The van der Waals surface area contributed by atoms with E-state index in [0.717, 1.165) is 0 Å². The highest BCUT2D eigenvalue weighted by molar-refractivity contribution is 7.89. The maximum absolute atomic E-state index is 12.5. The second-order valence-electron chi connectivity index (χ2n) is 6.65. The van der Waals surface area contributed by atoms with Gasteiger partial charge in [0.25, 0.3) is 5.91 Å². The van der Waals surface area contributed by atoms with Gasteiger partial charge in [-0.15, -0.1) is 0 Å². The quantitative estimate of drug-likeness (QED) is 0.835. The van der Waals surface area contributed by atoms with Gasteiger partial charge in [0.2, 0.25) is 10.0 Å². The zero-order valence-corrected chi connectivity index (χ0v) is 15.9. The van der Waals surface area contributed by atoms with Crippen molar-refractivity contribution < 1.29 is 13.2 Å². The van der Waals surface area contributed by atoms with Crippen LogP contribution < -0.4 is 10.0 Å². The Kier molecular flexibility index (Phi) is 5.87. The summed E-state index contributed by atoms with van der Waals surface area (Å²) in [5, 5.41) is 3.30. The first-order chi connectivity index (χ1) is 11.6. The van der Waals surface area contributed by atoms with Crippen molar-refractivity contribution in [1.82, 2.24) is 10.0 Å². The van der Waals surface area contributed by atoms with Gasteiger partial charge in [0.05, 0.1) is 4.90 Å². The van der Waals surface area contributed by atoms with E-state index >= 15 is 0 Å². The van der Waals surface area contributed by atoms with Gasteiger partial charge in [-0.3, -0.25) is 4.79 Å². The third-order valence-electron chi connectivity index (χ3n) is 3.31. The molecular formula is C18H21ClN2O3S. The maximum Gasteiger partial charge on any atom is 0.251 e. The van der Waals surface area contributed by atoms with Gasteiger partial charge in [-0.2, -0.15) is 0 Å². The minimum Gasteiger partial charge on any atom is -0.347 e. The van der Waals surface area contributed by atoms with Crippen molar-refractivity contribution in [2.45, 2.75) is 37.8 Å². The number of nitrogens with one attached hydrogen (secondary N) is 2. The predicted molar refractivity (Wildman–Crippen MR) is 99.1 cm³/mol. The molecule has 2 aromatic carbocycles. The van der Waals surface area contributed by atoms with Crippen LogP contribution in [0, 0.1) is 0 Å². The Morgan fingerprint density at radius 1 is 1.08 bits per heavy atom. The molecule has 5 nitrogen and oxygen atoms in total. The summed E-state index contributed by atoms with van der Waals surface area (Å²) >= 11 is 6.04. The molecule has 0 heterocycles. The summed E-state index contributed by atoms with van der Waals surface area (Å²) in [4.78, 5) is 12.2. The van der Waals surface area contributed by atoms with Crippen LogP contribution in [0.4, 0.5) is 0 Å². The highest BCUT2D eigenvalue weighted by Crippen LogP contribution is 2.17. The normalized spacial score (nSPS) is 12.0. The molecule has 1 amide bonds. The van der Waals surface area contributed by atoms with Crippen LogP contribution in [-0.2, 0) is 16.6 Å². The number of benzene rings is 2. The summed E-state index contributed by atoms with van der Waals surface area (Å²) in [5.41, 5.74) is 0.554. The largest absolute Gasteiger partial charge is 0.347 e. The number of hydrogen-bond donors (Lipinski definition) is 2. The molecule has 0 unspecified atom stereocenters. The minimum atomic E-state index is -3.76. The van der Waals surface area contributed by atoms with Crippen molar-refractivity contribution in [2.24, 2.45) is 0 Å². The van der Waals surface area contributed by atoms with Crippen molar-refractivity contribution in [1.29, 1.82) is 0 Å². The SMILES string of the molecule is CC(C)(C)NC(=O)c1cccc(S(=O)(=O)NCc2ccccc2Cl)c1. The van der Waals surface area contributed by atoms with Crippen molar-refractivity contribution in [3.8, 4) is 0 Å². The highest BCUT2D eigenvalue weighted by atomic mass is 35.5. The van der Waals surface area contributed by atoms with E-state index in [0.29, 0.717) is 10.6 Å². The predicted octanol–water partition coefficient (Wildman–Crippen LogP) is 3.35. The number of carbonyl (C=O) groups is 1. The van der Waals surface area contributed by atoms with Gasteiger partial charge in [-0.05, 0) is 50.6 Å². The van der Waals surface area contributed by atoms with Gasteiger partial charge < -0.3 is 5.32 Å². The molecule has 2 N–H and O–H groups in total. The first kappa shape index (κ1) is 19.4. The van der Waals surface area contributed by atoms with Gasteiger partial charge in [0.1, 0.15) is 0 Å². The number of halogens is 1. The van der Waals surface area contributed by atoms with Crippen molar-refractivity contribution in [3.63, 3.8) is 0 Å². The van der Waals surface area contributed by atoms with E-state index in [1.54, 1.807) is 36.4 Å². The fourth-order valence-corrected chi connectivity index (χ4v) is 3.37. The number of hydrogen-bond acceptors (Lipinski definition) is 3.